The number of rotatable bonds is 7. The predicted octanol–water partition coefficient (Wildman–Crippen LogP) is 3.72. The maximum atomic E-state index is 13.2. The highest BCUT2D eigenvalue weighted by molar-refractivity contribution is 7.86. The summed E-state index contributed by atoms with van der Waals surface area (Å²) in [5, 5.41) is 21.4. The van der Waals surface area contributed by atoms with Gasteiger partial charge in [-0.25, -0.2) is 9.59 Å². The van der Waals surface area contributed by atoms with Gasteiger partial charge in [0.15, 0.2) is 21.1 Å². The van der Waals surface area contributed by atoms with Crippen LogP contribution in [0.2, 0.25) is 0 Å². The minimum atomic E-state index is -5.24. The standard InChI is InChI=1S/C32H29N3O13S2/c1-14-13-32(2,3)34-26-18(14)12-19-25(17-7-8-20(33)29(49(41,42)43)27(17)47-28(19)30(26)50(44,45)46)16-6-4-5-15(24(16)31(39)40)11-23(38)48-35-21(36)9-10-22(35)37/h4-8,12,14,33-34H,9-11,13H2,1-3H3,(H,39,40)(H,41,42,43)(H,44,45,46). The number of hydroxylamine groups is 2. The van der Waals surface area contributed by atoms with Crippen molar-refractivity contribution in [3.8, 4) is 22.5 Å². The van der Waals surface area contributed by atoms with Crippen LogP contribution in [0.25, 0.3) is 33.4 Å². The average molecular weight is 728 g/mol. The zero-order valence-corrected chi connectivity index (χ0v) is 28.2. The van der Waals surface area contributed by atoms with E-state index in [9.17, 15) is 50.2 Å². The van der Waals surface area contributed by atoms with Crippen molar-refractivity contribution in [2.75, 3.05) is 5.32 Å². The third-order valence-corrected chi connectivity index (χ3v) is 10.4. The summed E-state index contributed by atoms with van der Waals surface area (Å²) in [5.74, 6) is -5.30. The Balaban J connectivity index is 1.73. The molecular formula is C32H29N3O13S2. The van der Waals surface area contributed by atoms with Crippen molar-refractivity contribution in [1.82, 2.24) is 5.06 Å². The van der Waals surface area contributed by atoms with Crippen LogP contribution in [0.5, 0.6) is 0 Å². The summed E-state index contributed by atoms with van der Waals surface area (Å²) < 4.78 is 78.3. The number of carbonyl (C=O) groups excluding carboxylic acids is 3. The summed E-state index contributed by atoms with van der Waals surface area (Å²) in [4.78, 5) is 53.0. The Bertz CT molecular complexity index is 2430. The first-order valence-corrected chi connectivity index (χ1v) is 17.9. The number of carboxylic acids is 1. The maximum Gasteiger partial charge on any atom is 0.337 e. The number of aromatic carboxylic acids is 1. The third kappa shape index (κ3) is 5.89. The van der Waals surface area contributed by atoms with Crippen LogP contribution in [-0.2, 0) is 45.9 Å². The lowest BCUT2D eigenvalue weighted by atomic mass is 9.80. The number of carboxylic acid groups (broad SMARTS) is 1. The van der Waals surface area contributed by atoms with Gasteiger partial charge in [0.05, 0.1) is 23.0 Å². The first-order chi connectivity index (χ1) is 23.2. The van der Waals surface area contributed by atoms with Crippen LogP contribution in [-0.4, -0.2) is 65.4 Å². The summed E-state index contributed by atoms with van der Waals surface area (Å²) in [6.07, 6.45) is -0.610. The SMILES string of the molecule is CC1CC(C)(C)Nc2c1cc1c(-c3cccc(CC(=O)ON4C(=O)CCC4=O)c3C(=O)O)c3ccc(=N)c(S(=O)(=O)O)c-3oc1c2S(=O)(=O)O. The van der Waals surface area contributed by atoms with Crippen molar-refractivity contribution in [2.24, 2.45) is 0 Å². The largest absolute Gasteiger partial charge is 0.478 e. The number of imide groups is 1. The summed E-state index contributed by atoms with van der Waals surface area (Å²) in [6, 6.07) is 7.68. The van der Waals surface area contributed by atoms with Crippen LogP contribution in [0, 0.1) is 5.41 Å². The summed E-state index contributed by atoms with van der Waals surface area (Å²) in [7, 11) is -10.4. The highest BCUT2D eigenvalue weighted by Crippen LogP contribution is 2.51. The summed E-state index contributed by atoms with van der Waals surface area (Å²) in [6.45, 7) is 5.40. The van der Waals surface area contributed by atoms with Gasteiger partial charge in [-0.15, -0.1) is 5.06 Å². The molecule has 0 bridgehead atoms. The number of benzene rings is 3. The molecule has 3 heterocycles. The minimum Gasteiger partial charge on any atom is -0.478 e. The smallest absolute Gasteiger partial charge is 0.337 e. The zero-order valence-electron chi connectivity index (χ0n) is 26.6. The molecule has 4 aliphatic rings. The van der Waals surface area contributed by atoms with Crippen LogP contribution >= 0.6 is 0 Å². The molecule has 1 atom stereocenters. The Labute approximate surface area is 284 Å². The van der Waals surface area contributed by atoms with Gasteiger partial charge in [0.25, 0.3) is 32.1 Å². The molecule has 6 rings (SSSR count). The molecule has 16 nitrogen and oxygen atoms in total. The Kier molecular flexibility index (Phi) is 8.13. The van der Waals surface area contributed by atoms with E-state index in [0.29, 0.717) is 17.0 Å². The van der Waals surface area contributed by atoms with Crippen LogP contribution in [0.1, 0.15) is 67.4 Å². The molecule has 0 aromatic heterocycles. The van der Waals surface area contributed by atoms with Crippen LogP contribution < -0.4 is 10.7 Å². The second-order valence-corrected chi connectivity index (χ2v) is 15.5. The molecular weight excluding hydrogens is 698 g/mol. The molecule has 0 radical (unpaired) electrons. The normalized spacial score (nSPS) is 17.5. The van der Waals surface area contributed by atoms with Crippen molar-refractivity contribution >= 4 is 60.6 Å². The predicted molar refractivity (Wildman–Crippen MR) is 172 cm³/mol. The first kappa shape index (κ1) is 34.7. The number of hydrogen-bond donors (Lipinski definition) is 5. The van der Waals surface area contributed by atoms with Gasteiger partial charge in [-0.2, -0.15) is 16.8 Å². The number of anilines is 1. The molecule has 2 amide bonds. The monoisotopic (exact) mass is 727 g/mol. The van der Waals surface area contributed by atoms with E-state index in [1.807, 2.05) is 6.92 Å². The fourth-order valence-corrected chi connectivity index (χ4v) is 8.33. The number of nitrogens with one attached hydrogen (secondary N) is 2. The molecule has 3 aliphatic heterocycles. The fraction of sp³-hybridized carbons (Fsp3) is 0.281. The molecule has 1 fully saturated rings. The average Bonchev–Trinajstić information content (AvgIpc) is 3.29. The van der Waals surface area contributed by atoms with Crippen molar-refractivity contribution in [1.29, 1.82) is 5.41 Å². The van der Waals surface area contributed by atoms with Crippen LogP contribution in [0.4, 0.5) is 5.69 Å². The lowest BCUT2D eigenvalue weighted by Crippen LogP contribution is -2.37. The summed E-state index contributed by atoms with van der Waals surface area (Å²) in [5.41, 5.74) is -2.15. The Morgan fingerprint density at radius 3 is 2.26 bits per heavy atom. The van der Waals surface area contributed by atoms with Gasteiger partial charge in [0.2, 0.25) is 0 Å². The lowest BCUT2D eigenvalue weighted by molar-refractivity contribution is -0.197. The minimum absolute atomic E-state index is 0.0470. The Morgan fingerprint density at radius 1 is 1.02 bits per heavy atom. The number of carbonyl (C=O) groups is 4. The molecule has 18 heteroatoms. The second kappa shape index (κ2) is 11.7. The quantitative estimate of drug-likeness (QED) is 0.103. The number of fused-ring (bicyclic) bond motifs is 3. The van der Waals surface area contributed by atoms with Gasteiger partial charge < -0.3 is 19.7 Å². The van der Waals surface area contributed by atoms with E-state index in [-0.39, 0.29) is 52.1 Å². The molecule has 2 aromatic rings. The maximum absolute atomic E-state index is 13.2. The van der Waals surface area contributed by atoms with Crippen LogP contribution in [0.15, 0.2) is 50.6 Å². The first-order valence-electron chi connectivity index (χ1n) is 15.0. The summed E-state index contributed by atoms with van der Waals surface area (Å²) >= 11 is 0. The van der Waals surface area contributed by atoms with Gasteiger partial charge in [0, 0.05) is 34.9 Å². The number of amides is 2. The number of nitrogens with zero attached hydrogens (tertiary/aromatic N) is 1. The van der Waals surface area contributed by atoms with Gasteiger partial charge in [-0.3, -0.25) is 24.1 Å². The molecule has 5 N–H and O–H groups in total. The van der Waals surface area contributed by atoms with Gasteiger partial charge >= 0.3 is 11.9 Å². The lowest BCUT2D eigenvalue weighted by Gasteiger charge is -2.38. The highest BCUT2D eigenvalue weighted by Gasteiger charge is 2.39. The topological polar surface area (TPSA) is 259 Å². The van der Waals surface area contributed by atoms with Gasteiger partial charge in [-0.1, -0.05) is 25.1 Å². The van der Waals surface area contributed by atoms with E-state index >= 15 is 0 Å². The number of hydrogen-bond acceptors (Lipinski definition) is 12. The molecule has 1 aliphatic carbocycles. The van der Waals surface area contributed by atoms with Crippen molar-refractivity contribution in [3.05, 3.63) is 58.4 Å². The molecule has 1 unspecified atom stereocenters. The highest BCUT2D eigenvalue weighted by atomic mass is 32.2. The van der Waals surface area contributed by atoms with Gasteiger partial charge in [0.1, 0.15) is 0 Å². The third-order valence-electron chi connectivity index (χ3n) is 8.62. The Hall–Kier alpha value is -5.17. The molecule has 0 saturated carbocycles. The van der Waals surface area contributed by atoms with Crippen molar-refractivity contribution in [3.63, 3.8) is 0 Å². The van der Waals surface area contributed by atoms with E-state index in [0.717, 1.165) is 6.07 Å². The molecule has 1 saturated heterocycles. The van der Waals surface area contributed by atoms with E-state index in [1.54, 1.807) is 13.8 Å². The second-order valence-electron chi connectivity index (χ2n) is 12.8. The van der Waals surface area contributed by atoms with Crippen LogP contribution in [0.3, 0.4) is 0 Å². The van der Waals surface area contributed by atoms with Crippen molar-refractivity contribution in [2.45, 2.75) is 67.7 Å². The van der Waals surface area contributed by atoms with E-state index in [1.165, 1.54) is 30.3 Å². The van der Waals surface area contributed by atoms with E-state index < -0.39 is 88.0 Å². The van der Waals surface area contributed by atoms with E-state index in [4.69, 9.17) is 14.7 Å². The molecule has 0 spiro atoms. The molecule has 2 aromatic carbocycles. The zero-order chi connectivity index (χ0) is 36.7. The van der Waals surface area contributed by atoms with Gasteiger partial charge in [-0.05, 0) is 61.1 Å². The molecule has 50 heavy (non-hydrogen) atoms. The van der Waals surface area contributed by atoms with E-state index in [2.05, 4.69) is 5.32 Å². The molecule has 262 valence electrons. The van der Waals surface area contributed by atoms with Crippen molar-refractivity contribution < 1.29 is 59.5 Å². The Morgan fingerprint density at radius 2 is 1.66 bits per heavy atom. The fourth-order valence-electron chi connectivity index (χ4n) is 6.79.